The maximum Gasteiger partial charge on any atom is 0.338 e. The van der Waals surface area contributed by atoms with E-state index in [1.54, 1.807) is 45.4 Å². The van der Waals surface area contributed by atoms with E-state index in [0.717, 1.165) is 11.1 Å². The molecule has 5 rings (SSSR count). The first-order valence-electron chi connectivity index (χ1n) is 13.9. The molecule has 1 atom stereocenters. The Morgan fingerprint density at radius 1 is 0.955 bits per heavy atom. The van der Waals surface area contributed by atoms with Crippen LogP contribution in [0.15, 0.2) is 80.5 Å². The Morgan fingerprint density at radius 2 is 1.68 bits per heavy atom. The molecule has 0 spiro atoms. The van der Waals surface area contributed by atoms with Crippen LogP contribution in [0.4, 0.5) is 0 Å². The molecule has 9 nitrogen and oxygen atoms in total. The highest BCUT2D eigenvalue weighted by molar-refractivity contribution is 9.10. The molecule has 0 radical (unpaired) electrons. The molecule has 44 heavy (non-hydrogen) atoms. The molecule has 0 aliphatic carbocycles. The lowest BCUT2D eigenvalue weighted by Gasteiger charge is -2.26. The number of esters is 1. The molecule has 2 heterocycles. The number of nitrogens with zero attached hydrogens (tertiary/aromatic N) is 2. The van der Waals surface area contributed by atoms with Crippen molar-refractivity contribution in [2.75, 3.05) is 34.5 Å². The largest absolute Gasteiger partial charge is 0.493 e. The Balaban J connectivity index is 1.81. The van der Waals surface area contributed by atoms with Crippen LogP contribution in [0.2, 0.25) is 0 Å². The van der Waals surface area contributed by atoms with Crippen molar-refractivity contribution in [2.45, 2.75) is 19.9 Å². The Labute approximate surface area is 266 Å². The first-order valence-corrected chi connectivity index (χ1v) is 15.5. The molecule has 0 N–H and O–H groups in total. The van der Waals surface area contributed by atoms with Gasteiger partial charge in [-0.1, -0.05) is 47.7 Å². The minimum absolute atomic E-state index is 0.155. The summed E-state index contributed by atoms with van der Waals surface area (Å²) in [7, 11) is 4.65. The van der Waals surface area contributed by atoms with Crippen molar-refractivity contribution < 1.29 is 28.5 Å². The van der Waals surface area contributed by atoms with Crippen LogP contribution in [0, 0.1) is 0 Å². The summed E-state index contributed by atoms with van der Waals surface area (Å²) in [5.41, 5.74) is 2.44. The summed E-state index contributed by atoms with van der Waals surface area (Å²) < 4.78 is 30.5. The van der Waals surface area contributed by atoms with Crippen LogP contribution in [0.1, 0.15) is 36.6 Å². The van der Waals surface area contributed by atoms with Gasteiger partial charge in [0.15, 0.2) is 27.8 Å². The second-order valence-electron chi connectivity index (χ2n) is 9.51. The molecule has 3 aromatic carbocycles. The molecule has 1 aromatic heterocycles. The third kappa shape index (κ3) is 5.89. The van der Waals surface area contributed by atoms with Crippen molar-refractivity contribution in [3.63, 3.8) is 0 Å². The average Bonchev–Trinajstić information content (AvgIpc) is 3.35. The predicted octanol–water partition coefficient (Wildman–Crippen LogP) is 5.12. The Morgan fingerprint density at radius 3 is 2.34 bits per heavy atom. The normalized spacial score (nSPS) is 14.5. The number of rotatable bonds is 10. The first kappa shape index (κ1) is 31.1. The number of hydrogen-bond donors (Lipinski definition) is 0. The fraction of sp³-hybridized carbons (Fsp3) is 0.242. The van der Waals surface area contributed by atoms with Crippen LogP contribution in [0.5, 0.6) is 23.0 Å². The van der Waals surface area contributed by atoms with Gasteiger partial charge in [0.1, 0.15) is 0 Å². The van der Waals surface area contributed by atoms with Gasteiger partial charge in [0.2, 0.25) is 0 Å². The highest BCUT2D eigenvalue weighted by Gasteiger charge is 2.35. The maximum atomic E-state index is 14.2. The highest BCUT2D eigenvalue weighted by Crippen LogP contribution is 2.39. The number of hydrogen-bond acceptors (Lipinski definition) is 9. The Kier molecular flexibility index (Phi) is 9.55. The van der Waals surface area contributed by atoms with Crippen molar-refractivity contribution in [1.29, 1.82) is 0 Å². The smallest absolute Gasteiger partial charge is 0.338 e. The van der Waals surface area contributed by atoms with Crippen LogP contribution < -0.4 is 33.8 Å². The number of aromatic nitrogens is 1. The van der Waals surface area contributed by atoms with Crippen molar-refractivity contribution in [2.24, 2.45) is 4.99 Å². The summed E-state index contributed by atoms with van der Waals surface area (Å²) in [6.45, 7) is 4.26. The fourth-order valence-electron chi connectivity index (χ4n) is 5.04. The van der Waals surface area contributed by atoms with Crippen molar-refractivity contribution >= 4 is 45.0 Å². The van der Waals surface area contributed by atoms with Gasteiger partial charge < -0.3 is 23.7 Å². The molecule has 4 aromatic rings. The first-order chi connectivity index (χ1) is 21.3. The number of ether oxygens (including phenoxy) is 5. The van der Waals surface area contributed by atoms with Gasteiger partial charge in [-0.2, -0.15) is 0 Å². The zero-order valence-electron chi connectivity index (χ0n) is 24.9. The van der Waals surface area contributed by atoms with E-state index in [1.807, 2.05) is 49.4 Å². The molecule has 1 aliphatic heterocycles. The average molecular weight is 680 g/mol. The van der Waals surface area contributed by atoms with Gasteiger partial charge in [0.05, 0.1) is 60.9 Å². The summed E-state index contributed by atoms with van der Waals surface area (Å²) in [4.78, 5) is 33.3. The number of thiazole rings is 1. The van der Waals surface area contributed by atoms with Gasteiger partial charge >= 0.3 is 5.97 Å². The number of fused-ring (bicyclic) bond motifs is 1. The van der Waals surface area contributed by atoms with Crippen molar-refractivity contribution in [1.82, 2.24) is 4.57 Å². The van der Waals surface area contributed by atoms with Gasteiger partial charge in [-0.25, -0.2) is 9.79 Å². The number of carbonyl (C=O) groups excluding carboxylic acids is 1. The van der Waals surface area contributed by atoms with Crippen LogP contribution in [-0.4, -0.2) is 45.1 Å². The molecular weight excluding hydrogens is 648 g/mol. The summed E-state index contributed by atoms with van der Waals surface area (Å²) >= 11 is 4.79. The summed E-state index contributed by atoms with van der Waals surface area (Å²) in [5.74, 6) is 1.51. The number of halogens is 1. The fourth-order valence-corrected chi connectivity index (χ4v) is 6.61. The molecule has 0 saturated carbocycles. The maximum absolute atomic E-state index is 14.2. The third-order valence-corrected chi connectivity index (χ3v) is 8.51. The molecule has 0 bridgehead atoms. The van der Waals surface area contributed by atoms with Crippen LogP contribution in [0.25, 0.3) is 11.8 Å². The van der Waals surface area contributed by atoms with E-state index in [9.17, 15) is 9.59 Å². The number of carbonyl (C=O) groups is 1. The molecular formula is C33H31BrN2O7S. The van der Waals surface area contributed by atoms with Gasteiger partial charge in [-0.3, -0.25) is 9.36 Å². The predicted molar refractivity (Wildman–Crippen MR) is 172 cm³/mol. The van der Waals surface area contributed by atoms with Crippen LogP contribution >= 0.6 is 27.3 Å². The van der Waals surface area contributed by atoms with Crippen molar-refractivity contribution in [3.8, 4) is 23.0 Å². The SMILES string of the molecule is CCOC(=O)C1=C(c2ccccc2)N=c2s/c(=C\c3cc(Br)c(OCC)c(OC)c3)c(=O)n2[C@H]1c1ccc(OC)c(OC)c1. The van der Waals surface area contributed by atoms with E-state index in [1.165, 1.54) is 23.0 Å². The Bertz CT molecular complexity index is 1910. The topological polar surface area (TPSA) is 97.6 Å². The van der Waals surface area contributed by atoms with E-state index < -0.39 is 12.0 Å². The zero-order valence-corrected chi connectivity index (χ0v) is 27.3. The van der Waals surface area contributed by atoms with E-state index in [2.05, 4.69) is 15.9 Å². The van der Waals surface area contributed by atoms with E-state index in [4.69, 9.17) is 28.7 Å². The summed E-state index contributed by atoms with van der Waals surface area (Å²) in [5, 5.41) is 0. The third-order valence-electron chi connectivity index (χ3n) is 6.94. The minimum Gasteiger partial charge on any atom is -0.493 e. The molecule has 0 fully saturated rings. The van der Waals surface area contributed by atoms with Crippen LogP contribution in [0.3, 0.4) is 0 Å². The molecule has 11 heteroatoms. The van der Waals surface area contributed by atoms with E-state index in [0.29, 0.717) is 54.7 Å². The van der Waals surface area contributed by atoms with Gasteiger partial charge in [-0.05, 0) is 71.2 Å². The quantitative estimate of drug-likeness (QED) is 0.215. The zero-order chi connectivity index (χ0) is 31.4. The lowest BCUT2D eigenvalue weighted by Crippen LogP contribution is -2.40. The summed E-state index contributed by atoms with van der Waals surface area (Å²) in [6.07, 6.45) is 1.77. The lowest BCUT2D eigenvalue weighted by molar-refractivity contribution is -0.138. The summed E-state index contributed by atoms with van der Waals surface area (Å²) in [6, 6.07) is 17.5. The van der Waals surface area contributed by atoms with E-state index in [-0.39, 0.29) is 17.7 Å². The minimum atomic E-state index is -0.857. The molecule has 1 aliphatic rings. The Hall–Kier alpha value is -4.35. The standard InChI is InChI=1S/C33H31BrN2O7S/c1-6-42-30-22(34)15-19(16-25(30)41-5)17-26-31(37)36-29(21-13-14-23(39-3)24(18-21)40-4)27(32(38)43-7-2)28(35-33(36)44-26)20-11-9-8-10-12-20/h8-18,29H,6-7H2,1-5H3/b26-17-/t29-/m0/s1. The van der Waals surface area contributed by atoms with Gasteiger partial charge in [0.25, 0.3) is 5.56 Å². The van der Waals surface area contributed by atoms with Crippen LogP contribution in [-0.2, 0) is 9.53 Å². The van der Waals surface area contributed by atoms with Crippen molar-refractivity contribution in [3.05, 3.63) is 107 Å². The molecule has 0 unspecified atom stereocenters. The number of benzene rings is 3. The molecule has 0 amide bonds. The van der Waals surface area contributed by atoms with Gasteiger partial charge in [0, 0.05) is 5.56 Å². The monoisotopic (exact) mass is 678 g/mol. The second kappa shape index (κ2) is 13.5. The number of methoxy groups -OCH3 is 3. The molecule has 228 valence electrons. The molecule has 0 saturated heterocycles. The van der Waals surface area contributed by atoms with Gasteiger partial charge in [-0.15, -0.1) is 0 Å². The highest BCUT2D eigenvalue weighted by atomic mass is 79.9. The second-order valence-corrected chi connectivity index (χ2v) is 11.4. The lowest BCUT2D eigenvalue weighted by atomic mass is 9.93. The van der Waals surface area contributed by atoms with E-state index >= 15 is 0 Å².